The van der Waals surface area contributed by atoms with E-state index < -0.39 is 17.8 Å². The smallest absolute Gasteiger partial charge is 0.311 e. The SMILES string of the molecule is CCCN1C(=O)C(=O)N(C[NH+]2CCc3sccc3[C@H]2C)C1=O. The summed E-state index contributed by atoms with van der Waals surface area (Å²) in [7, 11) is 0. The third-order valence-electron chi connectivity index (χ3n) is 4.48. The molecule has 0 bridgehead atoms. The molecule has 1 saturated heterocycles. The largest absolute Gasteiger partial charge is 0.338 e. The van der Waals surface area contributed by atoms with Crippen LogP contribution in [0, 0.1) is 0 Å². The standard InChI is InChI=1S/C15H19N3O3S/c1-3-6-17-13(19)14(20)18(15(17)21)9-16-7-4-12-11(10(16)2)5-8-22-12/h5,8,10H,3-4,6-7,9H2,1-2H3/p+1/t10-/m1/s1. The molecule has 1 fully saturated rings. The van der Waals surface area contributed by atoms with Crippen LogP contribution in [0.5, 0.6) is 0 Å². The van der Waals surface area contributed by atoms with Gasteiger partial charge in [-0.3, -0.25) is 14.5 Å². The number of nitrogens with one attached hydrogen (secondary N) is 1. The van der Waals surface area contributed by atoms with Crippen LogP contribution in [0.2, 0.25) is 0 Å². The molecule has 1 aromatic rings. The first-order chi connectivity index (χ1) is 10.5. The second kappa shape index (κ2) is 5.81. The molecule has 4 amide bonds. The first kappa shape index (κ1) is 15.2. The number of carbonyl (C=O) groups excluding carboxylic acids is 3. The number of urea groups is 1. The van der Waals surface area contributed by atoms with Crippen LogP contribution in [0.25, 0.3) is 0 Å². The Kier molecular flexibility index (Phi) is 4.01. The van der Waals surface area contributed by atoms with Gasteiger partial charge in [-0.1, -0.05) is 6.92 Å². The van der Waals surface area contributed by atoms with Gasteiger partial charge < -0.3 is 4.90 Å². The first-order valence-corrected chi connectivity index (χ1v) is 8.50. The summed E-state index contributed by atoms with van der Waals surface area (Å²) in [5, 5.41) is 2.09. The molecule has 2 atom stereocenters. The van der Waals surface area contributed by atoms with E-state index in [1.165, 1.54) is 10.4 Å². The average Bonchev–Trinajstić information content (AvgIpc) is 3.05. The molecule has 2 aliphatic rings. The van der Waals surface area contributed by atoms with E-state index in [0.29, 0.717) is 13.0 Å². The summed E-state index contributed by atoms with van der Waals surface area (Å²) in [6.45, 7) is 5.42. The molecule has 0 aromatic carbocycles. The van der Waals surface area contributed by atoms with Crippen LogP contribution in [0.3, 0.4) is 0 Å². The maximum Gasteiger partial charge on any atom is 0.338 e. The number of thiophene rings is 1. The van der Waals surface area contributed by atoms with Gasteiger partial charge in [0.05, 0.1) is 6.54 Å². The number of imide groups is 2. The molecule has 1 aromatic heterocycles. The van der Waals surface area contributed by atoms with Crippen LogP contribution < -0.4 is 4.90 Å². The number of hydrogen-bond donors (Lipinski definition) is 1. The number of nitrogens with zero attached hydrogens (tertiary/aromatic N) is 2. The maximum atomic E-state index is 12.3. The Morgan fingerprint density at radius 3 is 2.73 bits per heavy atom. The molecular weight excluding hydrogens is 302 g/mol. The van der Waals surface area contributed by atoms with Gasteiger partial charge in [-0.05, 0) is 24.8 Å². The number of amides is 4. The van der Waals surface area contributed by atoms with Gasteiger partial charge in [-0.15, -0.1) is 11.3 Å². The van der Waals surface area contributed by atoms with E-state index in [2.05, 4.69) is 18.4 Å². The van der Waals surface area contributed by atoms with Crippen molar-refractivity contribution >= 4 is 29.2 Å². The Balaban J connectivity index is 1.75. The number of carbonyl (C=O) groups is 3. The van der Waals surface area contributed by atoms with E-state index in [0.717, 1.165) is 27.7 Å². The summed E-state index contributed by atoms with van der Waals surface area (Å²) in [4.78, 5) is 41.0. The minimum Gasteiger partial charge on any atom is -0.311 e. The highest BCUT2D eigenvalue weighted by Crippen LogP contribution is 2.24. The van der Waals surface area contributed by atoms with Crippen LogP contribution in [-0.4, -0.2) is 47.4 Å². The molecule has 7 heteroatoms. The van der Waals surface area contributed by atoms with Crippen molar-refractivity contribution in [3.63, 3.8) is 0 Å². The lowest BCUT2D eigenvalue weighted by molar-refractivity contribution is -0.938. The molecule has 0 radical (unpaired) electrons. The van der Waals surface area contributed by atoms with Gasteiger partial charge in [-0.25, -0.2) is 9.69 Å². The van der Waals surface area contributed by atoms with Crippen molar-refractivity contribution in [1.29, 1.82) is 0 Å². The van der Waals surface area contributed by atoms with Crippen molar-refractivity contribution in [3.8, 4) is 0 Å². The zero-order chi connectivity index (χ0) is 15.9. The molecule has 0 aliphatic carbocycles. The highest BCUT2D eigenvalue weighted by Gasteiger charge is 2.46. The van der Waals surface area contributed by atoms with Gasteiger partial charge in [0.25, 0.3) is 0 Å². The molecule has 6 nitrogen and oxygen atoms in total. The highest BCUT2D eigenvalue weighted by molar-refractivity contribution is 7.10. The minimum absolute atomic E-state index is 0.228. The summed E-state index contributed by atoms with van der Waals surface area (Å²) in [6, 6.07) is 1.88. The van der Waals surface area contributed by atoms with Crippen molar-refractivity contribution in [2.24, 2.45) is 0 Å². The van der Waals surface area contributed by atoms with Gasteiger partial charge in [0.15, 0.2) is 6.67 Å². The van der Waals surface area contributed by atoms with Crippen molar-refractivity contribution in [2.75, 3.05) is 19.8 Å². The predicted octanol–water partition coefficient (Wildman–Crippen LogP) is 0.408. The summed E-state index contributed by atoms with van der Waals surface area (Å²) in [5.74, 6) is -1.37. The zero-order valence-electron chi connectivity index (χ0n) is 12.8. The van der Waals surface area contributed by atoms with Gasteiger partial charge in [0.2, 0.25) is 0 Å². The Labute approximate surface area is 133 Å². The normalized spacial score (nSPS) is 25.1. The fourth-order valence-corrected chi connectivity index (χ4v) is 4.16. The van der Waals surface area contributed by atoms with Crippen LogP contribution in [0.15, 0.2) is 11.4 Å². The summed E-state index contributed by atoms with van der Waals surface area (Å²) >= 11 is 1.76. The Bertz CT molecular complexity index is 627. The van der Waals surface area contributed by atoms with Crippen molar-refractivity contribution in [1.82, 2.24) is 9.80 Å². The highest BCUT2D eigenvalue weighted by atomic mass is 32.1. The third-order valence-corrected chi connectivity index (χ3v) is 5.47. The molecule has 1 unspecified atom stereocenters. The minimum atomic E-state index is -0.688. The van der Waals surface area contributed by atoms with Crippen LogP contribution in [0.1, 0.15) is 36.8 Å². The van der Waals surface area contributed by atoms with Crippen molar-refractivity contribution in [2.45, 2.75) is 32.7 Å². The van der Waals surface area contributed by atoms with Gasteiger partial charge >= 0.3 is 17.8 Å². The molecule has 3 heterocycles. The van der Waals surface area contributed by atoms with Crippen LogP contribution >= 0.6 is 11.3 Å². The summed E-state index contributed by atoms with van der Waals surface area (Å²) in [6.07, 6.45) is 1.61. The molecule has 2 aliphatic heterocycles. The molecule has 0 spiro atoms. The lowest BCUT2D eigenvalue weighted by atomic mass is 10.0. The number of quaternary nitrogens is 1. The maximum absolute atomic E-state index is 12.3. The first-order valence-electron chi connectivity index (χ1n) is 7.62. The van der Waals surface area contributed by atoms with E-state index in [9.17, 15) is 14.4 Å². The Hall–Kier alpha value is -1.73. The van der Waals surface area contributed by atoms with Crippen LogP contribution in [0.4, 0.5) is 4.79 Å². The molecule has 1 N–H and O–H groups in total. The fraction of sp³-hybridized carbons (Fsp3) is 0.533. The lowest BCUT2D eigenvalue weighted by Gasteiger charge is -2.32. The lowest BCUT2D eigenvalue weighted by Crippen LogP contribution is -3.14. The van der Waals surface area contributed by atoms with Crippen molar-refractivity contribution < 1.29 is 19.3 Å². The number of fused-ring (bicyclic) bond motifs is 1. The van der Waals surface area contributed by atoms with Gasteiger partial charge in [0, 0.05) is 23.4 Å². The van der Waals surface area contributed by atoms with Gasteiger partial charge in [-0.2, -0.15) is 0 Å². The molecule has 22 heavy (non-hydrogen) atoms. The molecule has 3 rings (SSSR count). The summed E-state index contributed by atoms with van der Waals surface area (Å²) < 4.78 is 0. The monoisotopic (exact) mass is 322 g/mol. The Morgan fingerprint density at radius 2 is 2.00 bits per heavy atom. The zero-order valence-corrected chi connectivity index (χ0v) is 13.6. The van der Waals surface area contributed by atoms with E-state index in [1.54, 1.807) is 11.3 Å². The van der Waals surface area contributed by atoms with Crippen LogP contribution in [-0.2, 0) is 16.0 Å². The topological polar surface area (TPSA) is 62.1 Å². The summed E-state index contributed by atoms with van der Waals surface area (Å²) in [5.41, 5.74) is 1.29. The van der Waals surface area contributed by atoms with E-state index in [-0.39, 0.29) is 12.7 Å². The molecular formula is C15H20N3O3S+. The predicted molar refractivity (Wildman–Crippen MR) is 81.4 cm³/mol. The van der Waals surface area contributed by atoms with E-state index in [4.69, 9.17) is 0 Å². The fourth-order valence-electron chi connectivity index (χ4n) is 3.18. The molecule has 118 valence electrons. The van der Waals surface area contributed by atoms with E-state index in [1.807, 2.05) is 6.92 Å². The van der Waals surface area contributed by atoms with E-state index >= 15 is 0 Å². The molecule has 0 saturated carbocycles. The number of rotatable bonds is 4. The quantitative estimate of drug-likeness (QED) is 0.645. The van der Waals surface area contributed by atoms with Gasteiger partial charge in [0.1, 0.15) is 6.04 Å². The third kappa shape index (κ3) is 2.34. The Morgan fingerprint density at radius 1 is 1.27 bits per heavy atom. The second-order valence-corrected chi connectivity index (χ2v) is 6.81. The number of hydrogen-bond acceptors (Lipinski definition) is 4. The van der Waals surface area contributed by atoms with Crippen molar-refractivity contribution in [3.05, 3.63) is 21.9 Å². The second-order valence-electron chi connectivity index (χ2n) is 5.81. The average molecular weight is 322 g/mol.